The summed E-state index contributed by atoms with van der Waals surface area (Å²) in [5.41, 5.74) is 0. The number of aryl methyl sites for hydroxylation is 1. The van der Waals surface area contributed by atoms with Crippen molar-refractivity contribution in [3.63, 3.8) is 0 Å². The number of hydrogen-bond acceptors (Lipinski definition) is 5. The molecule has 6 nitrogen and oxygen atoms in total. The van der Waals surface area contributed by atoms with Gasteiger partial charge in [0.2, 0.25) is 17.7 Å². The SMILES string of the molecule is CN(C)[C@H]1CCN(C(=O)CCc2nnc(C3CCCCC3)o2)C1. The molecule has 0 N–H and O–H groups in total. The molecule has 0 aromatic carbocycles. The van der Waals surface area contributed by atoms with Crippen LogP contribution in [0, 0.1) is 0 Å². The summed E-state index contributed by atoms with van der Waals surface area (Å²) >= 11 is 0. The monoisotopic (exact) mass is 320 g/mol. The molecule has 6 heteroatoms. The molecular weight excluding hydrogens is 292 g/mol. The molecule has 2 fully saturated rings. The highest BCUT2D eigenvalue weighted by Crippen LogP contribution is 2.31. The number of carbonyl (C=O) groups excluding carboxylic acids is 1. The second-order valence-electron chi connectivity index (χ2n) is 7.11. The molecule has 2 aliphatic rings. The third-order valence-corrected chi connectivity index (χ3v) is 5.24. The van der Waals surface area contributed by atoms with E-state index in [1.807, 2.05) is 4.90 Å². The second-order valence-corrected chi connectivity index (χ2v) is 7.11. The van der Waals surface area contributed by atoms with Crippen molar-refractivity contribution in [2.75, 3.05) is 27.2 Å². The van der Waals surface area contributed by atoms with Crippen LogP contribution in [0.15, 0.2) is 4.42 Å². The Morgan fingerprint density at radius 1 is 1.22 bits per heavy atom. The van der Waals surface area contributed by atoms with E-state index in [0.29, 0.717) is 30.7 Å². The molecule has 0 bridgehead atoms. The molecule has 1 aliphatic heterocycles. The van der Waals surface area contributed by atoms with Crippen LogP contribution < -0.4 is 0 Å². The average molecular weight is 320 g/mol. The lowest BCUT2D eigenvalue weighted by Gasteiger charge is -2.20. The molecule has 1 amide bonds. The van der Waals surface area contributed by atoms with Crippen molar-refractivity contribution >= 4 is 5.91 Å². The predicted octanol–water partition coefficient (Wildman–Crippen LogP) is 2.21. The number of likely N-dealkylation sites (N-methyl/N-ethyl adjacent to an activating group) is 1. The van der Waals surface area contributed by atoms with E-state index in [-0.39, 0.29) is 5.91 Å². The van der Waals surface area contributed by atoms with E-state index in [4.69, 9.17) is 4.42 Å². The van der Waals surface area contributed by atoms with Gasteiger partial charge in [-0.05, 0) is 33.4 Å². The lowest BCUT2D eigenvalue weighted by molar-refractivity contribution is -0.130. The summed E-state index contributed by atoms with van der Waals surface area (Å²) in [6.07, 6.45) is 8.21. The summed E-state index contributed by atoms with van der Waals surface area (Å²) in [7, 11) is 4.15. The minimum atomic E-state index is 0.201. The largest absolute Gasteiger partial charge is 0.425 e. The first-order valence-corrected chi connectivity index (χ1v) is 8.90. The molecule has 0 unspecified atom stereocenters. The summed E-state index contributed by atoms with van der Waals surface area (Å²) in [4.78, 5) is 16.5. The summed E-state index contributed by atoms with van der Waals surface area (Å²) < 4.78 is 5.79. The van der Waals surface area contributed by atoms with Crippen LogP contribution in [-0.2, 0) is 11.2 Å². The Morgan fingerprint density at radius 2 is 2.00 bits per heavy atom. The fraction of sp³-hybridized carbons (Fsp3) is 0.824. The van der Waals surface area contributed by atoms with E-state index < -0.39 is 0 Å². The Balaban J connectivity index is 1.47. The van der Waals surface area contributed by atoms with Crippen molar-refractivity contribution < 1.29 is 9.21 Å². The van der Waals surface area contributed by atoms with Gasteiger partial charge in [-0.2, -0.15) is 0 Å². The Morgan fingerprint density at radius 3 is 2.70 bits per heavy atom. The molecule has 1 aromatic rings. The van der Waals surface area contributed by atoms with Crippen LogP contribution in [0.1, 0.15) is 62.6 Å². The maximum atomic E-state index is 12.3. The van der Waals surface area contributed by atoms with Gasteiger partial charge in [0.25, 0.3) is 0 Å². The standard InChI is InChI=1S/C17H28N4O2/c1-20(2)14-10-11-21(12-14)16(22)9-8-15-18-19-17(23-15)13-6-4-3-5-7-13/h13-14H,3-12H2,1-2H3/t14-/m0/s1. The topological polar surface area (TPSA) is 62.5 Å². The Labute approximate surface area is 138 Å². The molecule has 1 aliphatic carbocycles. The molecule has 128 valence electrons. The molecule has 1 aromatic heterocycles. The van der Waals surface area contributed by atoms with Gasteiger partial charge in [0.1, 0.15) is 0 Å². The van der Waals surface area contributed by atoms with Crippen LogP contribution >= 0.6 is 0 Å². The maximum Gasteiger partial charge on any atom is 0.223 e. The fourth-order valence-electron chi connectivity index (χ4n) is 3.64. The zero-order valence-electron chi connectivity index (χ0n) is 14.3. The predicted molar refractivity (Wildman–Crippen MR) is 87.1 cm³/mol. The highest BCUT2D eigenvalue weighted by atomic mass is 16.4. The van der Waals surface area contributed by atoms with Crippen LogP contribution in [0.5, 0.6) is 0 Å². The van der Waals surface area contributed by atoms with Crippen molar-refractivity contribution in [1.82, 2.24) is 20.0 Å². The highest BCUT2D eigenvalue weighted by Gasteiger charge is 2.27. The van der Waals surface area contributed by atoms with Gasteiger partial charge in [-0.3, -0.25) is 4.79 Å². The van der Waals surface area contributed by atoms with Crippen molar-refractivity contribution in [3.05, 3.63) is 11.8 Å². The van der Waals surface area contributed by atoms with Crippen LogP contribution in [0.4, 0.5) is 0 Å². The van der Waals surface area contributed by atoms with Crippen LogP contribution in [0.2, 0.25) is 0 Å². The summed E-state index contributed by atoms with van der Waals surface area (Å²) in [5.74, 6) is 2.02. The van der Waals surface area contributed by atoms with E-state index in [1.54, 1.807) is 0 Å². The number of amides is 1. The molecule has 2 heterocycles. The van der Waals surface area contributed by atoms with Gasteiger partial charge in [-0.15, -0.1) is 10.2 Å². The Hall–Kier alpha value is -1.43. The van der Waals surface area contributed by atoms with E-state index in [1.165, 1.54) is 19.3 Å². The van der Waals surface area contributed by atoms with Gasteiger partial charge in [0.15, 0.2) is 0 Å². The number of rotatable bonds is 5. The van der Waals surface area contributed by atoms with Crippen LogP contribution in [0.3, 0.4) is 0 Å². The number of nitrogens with zero attached hydrogens (tertiary/aromatic N) is 4. The Bertz CT molecular complexity index is 522. The fourth-order valence-corrected chi connectivity index (χ4v) is 3.64. The van der Waals surface area contributed by atoms with Gasteiger partial charge < -0.3 is 14.2 Å². The first-order valence-electron chi connectivity index (χ1n) is 8.90. The third kappa shape index (κ3) is 4.10. The normalized spacial score (nSPS) is 22.9. The molecule has 1 saturated carbocycles. The molecule has 1 saturated heterocycles. The average Bonchev–Trinajstić information content (AvgIpc) is 3.23. The van der Waals surface area contributed by atoms with E-state index in [0.717, 1.165) is 38.2 Å². The van der Waals surface area contributed by atoms with Crippen LogP contribution in [-0.4, -0.2) is 59.1 Å². The molecule has 1 atom stereocenters. The number of likely N-dealkylation sites (tertiary alicyclic amines) is 1. The quantitative estimate of drug-likeness (QED) is 0.832. The van der Waals surface area contributed by atoms with Gasteiger partial charge in [-0.1, -0.05) is 19.3 Å². The van der Waals surface area contributed by atoms with E-state index in [2.05, 4.69) is 29.2 Å². The molecule has 0 radical (unpaired) electrons. The molecule has 23 heavy (non-hydrogen) atoms. The zero-order valence-corrected chi connectivity index (χ0v) is 14.3. The maximum absolute atomic E-state index is 12.3. The smallest absolute Gasteiger partial charge is 0.223 e. The highest BCUT2D eigenvalue weighted by molar-refractivity contribution is 5.76. The van der Waals surface area contributed by atoms with Gasteiger partial charge in [-0.25, -0.2) is 0 Å². The van der Waals surface area contributed by atoms with E-state index in [9.17, 15) is 4.79 Å². The lowest BCUT2D eigenvalue weighted by atomic mass is 9.89. The minimum Gasteiger partial charge on any atom is -0.425 e. The number of aromatic nitrogens is 2. The molecular formula is C17H28N4O2. The first-order chi connectivity index (χ1) is 11.1. The van der Waals surface area contributed by atoms with Crippen LogP contribution in [0.25, 0.3) is 0 Å². The third-order valence-electron chi connectivity index (χ3n) is 5.24. The minimum absolute atomic E-state index is 0.201. The lowest BCUT2D eigenvalue weighted by Crippen LogP contribution is -2.34. The molecule has 0 spiro atoms. The van der Waals surface area contributed by atoms with Crippen molar-refractivity contribution in [2.24, 2.45) is 0 Å². The van der Waals surface area contributed by atoms with Crippen molar-refractivity contribution in [1.29, 1.82) is 0 Å². The number of hydrogen-bond donors (Lipinski definition) is 0. The summed E-state index contributed by atoms with van der Waals surface area (Å²) in [6, 6.07) is 0.486. The summed E-state index contributed by atoms with van der Waals surface area (Å²) in [5, 5.41) is 8.34. The van der Waals surface area contributed by atoms with Crippen molar-refractivity contribution in [2.45, 2.75) is 63.3 Å². The van der Waals surface area contributed by atoms with Gasteiger partial charge in [0, 0.05) is 37.9 Å². The van der Waals surface area contributed by atoms with Gasteiger partial charge in [0.05, 0.1) is 0 Å². The molecule has 3 rings (SSSR count). The summed E-state index contributed by atoms with van der Waals surface area (Å²) in [6.45, 7) is 1.70. The first kappa shape index (κ1) is 16.4. The number of carbonyl (C=O) groups is 1. The second kappa shape index (κ2) is 7.43. The Kier molecular flexibility index (Phi) is 5.30. The van der Waals surface area contributed by atoms with E-state index >= 15 is 0 Å². The zero-order chi connectivity index (χ0) is 16.2. The van der Waals surface area contributed by atoms with Gasteiger partial charge >= 0.3 is 0 Å². The van der Waals surface area contributed by atoms with Crippen molar-refractivity contribution in [3.8, 4) is 0 Å².